The SMILES string of the molecule is CNCCCS(=O)(=O)Nc1ccc(C(F)(F)F)cc1Cl. The molecule has 0 unspecified atom stereocenters. The van der Waals surface area contributed by atoms with Gasteiger partial charge in [0.1, 0.15) is 0 Å². The second-order valence-electron chi connectivity index (χ2n) is 4.07. The fourth-order valence-corrected chi connectivity index (χ4v) is 2.86. The first-order valence-electron chi connectivity index (χ1n) is 5.67. The van der Waals surface area contributed by atoms with Crippen LogP contribution in [-0.4, -0.2) is 27.8 Å². The Labute approximate surface area is 120 Å². The lowest BCUT2D eigenvalue weighted by Crippen LogP contribution is -2.20. The van der Waals surface area contributed by atoms with Gasteiger partial charge in [-0.25, -0.2) is 8.42 Å². The first-order chi connectivity index (χ1) is 9.15. The van der Waals surface area contributed by atoms with E-state index in [0.29, 0.717) is 19.0 Å². The van der Waals surface area contributed by atoms with E-state index < -0.39 is 21.8 Å². The Bertz CT molecular complexity index is 561. The summed E-state index contributed by atoms with van der Waals surface area (Å²) < 4.78 is 62.9. The summed E-state index contributed by atoms with van der Waals surface area (Å²) in [4.78, 5) is 0. The van der Waals surface area contributed by atoms with Crippen molar-refractivity contribution in [3.8, 4) is 0 Å². The fraction of sp³-hybridized carbons (Fsp3) is 0.455. The Kier molecular flexibility index (Phi) is 5.67. The number of halogens is 4. The summed E-state index contributed by atoms with van der Waals surface area (Å²) in [5, 5.41) is 2.50. The van der Waals surface area contributed by atoms with Gasteiger partial charge >= 0.3 is 6.18 Å². The average Bonchev–Trinajstić information content (AvgIpc) is 2.30. The van der Waals surface area contributed by atoms with Gasteiger partial charge in [0.25, 0.3) is 0 Å². The predicted octanol–water partition coefficient (Wildman–Crippen LogP) is 2.71. The van der Waals surface area contributed by atoms with Crippen molar-refractivity contribution in [1.29, 1.82) is 0 Å². The molecule has 114 valence electrons. The van der Waals surface area contributed by atoms with Gasteiger partial charge in [0, 0.05) is 0 Å². The minimum atomic E-state index is -4.52. The molecule has 0 bridgehead atoms. The summed E-state index contributed by atoms with van der Waals surface area (Å²) in [6, 6.07) is 2.46. The minimum Gasteiger partial charge on any atom is -0.320 e. The standard InChI is InChI=1S/C11H14ClF3N2O2S/c1-16-5-2-6-20(18,19)17-10-4-3-8(7-9(10)12)11(13,14)15/h3-4,7,16-17H,2,5-6H2,1H3. The third kappa shape index (κ3) is 5.18. The quantitative estimate of drug-likeness (QED) is 0.788. The Balaban J connectivity index is 2.83. The zero-order valence-corrected chi connectivity index (χ0v) is 12.2. The zero-order valence-electron chi connectivity index (χ0n) is 10.6. The zero-order chi connectivity index (χ0) is 15.4. The molecule has 20 heavy (non-hydrogen) atoms. The molecule has 0 aliphatic heterocycles. The highest BCUT2D eigenvalue weighted by Gasteiger charge is 2.31. The Hall–Kier alpha value is -0.990. The van der Waals surface area contributed by atoms with E-state index in [1.54, 1.807) is 7.05 Å². The number of hydrogen-bond acceptors (Lipinski definition) is 3. The van der Waals surface area contributed by atoms with E-state index in [0.717, 1.165) is 12.1 Å². The van der Waals surface area contributed by atoms with Gasteiger partial charge in [0.15, 0.2) is 0 Å². The molecule has 1 rings (SSSR count). The van der Waals surface area contributed by atoms with Crippen LogP contribution < -0.4 is 10.0 Å². The first kappa shape index (κ1) is 17.1. The second kappa shape index (κ2) is 6.64. The minimum absolute atomic E-state index is 0.0656. The lowest BCUT2D eigenvalue weighted by atomic mass is 10.2. The maximum Gasteiger partial charge on any atom is 0.416 e. The Morgan fingerprint density at radius 2 is 1.95 bits per heavy atom. The molecular weight excluding hydrogens is 317 g/mol. The molecule has 0 aliphatic carbocycles. The Morgan fingerprint density at radius 3 is 2.45 bits per heavy atom. The number of alkyl halides is 3. The van der Waals surface area contributed by atoms with Crippen LogP contribution in [0.1, 0.15) is 12.0 Å². The van der Waals surface area contributed by atoms with Crippen LogP contribution in [0.2, 0.25) is 5.02 Å². The van der Waals surface area contributed by atoms with Crippen molar-refractivity contribution in [1.82, 2.24) is 5.32 Å². The normalized spacial score (nSPS) is 12.4. The van der Waals surface area contributed by atoms with E-state index in [-0.39, 0.29) is 16.5 Å². The van der Waals surface area contributed by atoms with E-state index in [1.165, 1.54) is 0 Å². The van der Waals surface area contributed by atoms with Gasteiger partial charge in [0.2, 0.25) is 10.0 Å². The molecule has 9 heteroatoms. The molecule has 0 atom stereocenters. The third-order valence-electron chi connectivity index (χ3n) is 2.40. The summed E-state index contributed by atoms with van der Waals surface area (Å²) in [6.07, 6.45) is -4.14. The fourth-order valence-electron chi connectivity index (χ4n) is 1.43. The van der Waals surface area contributed by atoms with Crippen LogP contribution in [0, 0.1) is 0 Å². The molecule has 0 saturated carbocycles. The average molecular weight is 331 g/mol. The number of sulfonamides is 1. The second-order valence-corrected chi connectivity index (χ2v) is 6.32. The van der Waals surface area contributed by atoms with Crippen LogP contribution in [-0.2, 0) is 16.2 Å². The van der Waals surface area contributed by atoms with Gasteiger partial charge in [-0.15, -0.1) is 0 Å². The molecule has 0 heterocycles. The van der Waals surface area contributed by atoms with Gasteiger partial charge in [0.05, 0.1) is 22.0 Å². The van der Waals surface area contributed by atoms with Crippen molar-refractivity contribution < 1.29 is 21.6 Å². The van der Waals surface area contributed by atoms with Crippen LogP contribution >= 0.6 is 11.6 Å². The van der Waals surface area contributed by atoms with Gasteiger partial charge in [-0.1, -0.05) is 11.6 Å². The summed E-state index contributed by atoms with van der Waals surface area (Å²) in [5.41, 5.74) is -0.996. The van der Waals surface area contributed by atoms with E-state index in [2.05, 4.69) is 10.0 Å². The Morgan fingerprint density at radius 1 is 1.30 bits per heavy atom. The lowest BCUT2D eigenvalue weighted by molar-refractivity contribution is -0.137. The first-order valence-corrected chi connectivity index (χ1v) is 7.70. The van der Waals surface area contributed by atoms with Crippen molar-refractivity contribution in [2.75, 3.05) is 24.1 Å². The summed E-state index contributed by atoms with van der Waals surface area (Å²) in [6.45, 7) is 0.516. The molecule has 0 radical (unpaired) electrons. The number of hydrogen-bond donors (Lipinski definition) is 2. The molecule has 2 N–H and O–H groups in total. The van der Waals surface area contributed by atoms with Gasteiger partial charge in [-0.2, -0.15) is 13.2 Å². The molecule has 4 nitrogen and oxygen atoms in total. The number of rotatable bonds is 6. The van der Waals surface area contributed by atoms with Crippen LogP contribution in [0.5, 0.6) is 0 Å². The van der Waals surface area contributed by atoms with E-state index in [4.69, 9.17) is 11.6 Å². The van der Waals surface area contributed by atoms with Gasteiger partial charge in [-0.3, -0.25) is 4.72 Å². The van der Waals surface area contributed by atoms with E-state index in [1.807, 2.05) is 0 Å². The van der Waals surface area contributed by atoms with Gasteiger partial charge in [-0.05, 0) is 38.2 Å². The summed E-state index contributed by atoms with van der Waals surface area (Å²) in [5.74, 6) is -0.148. The number of nitrogens with one attached hydrogen (secondary N) is 2. The predicted molar refractivity (Wildman–Crippen MR) is 72.4 cm³/mol. The molecule has 0 aliphatic rings. The summed E-state index contributed by atoms with van der Waals surface area (Å²) in [7, 11) is -1.95. The topological polar surface area (TPSA) is 58.2 Å². The molecular formula is C11H14ClF3N2O2S. The van der Waals surface area contributed by atoms with Crippen molar-refractivity contribution in [2.45, 2.75) is 12.6 Å². The summed E-state index contributed by atoms with van der Waals surface area (Å²) >= 11 is 5.66. The smallest absolute Gasteiger partial charge is 0.320 e. The molecule has 1 aromatic rings. The molecule has 0 spiro atoms. The van der Waals surface area contributed by atoms with Crippen LogP contribution in [0.15, 0.2) is 18.2 Å². The van der Waals surface area contributed by atoms with Crippen LogP contribution in [0.25, 0.3) is 0 Å². The van der Waals surface area contributed by atoms with Crippen LogP contribution in [0.3, 0.4) is 0 Å². The van der Waals surface area contributed by atoms with Crippen molar-refractivity contribution >= 4 is 27.3 Å². The monoisotopic (exact) mass is 330 g/mol. The van der Waals surface area contributed by atoms with Crippen molar-refractivity contribution in [2.24, 2.45) is 0 Å². The maximum atomic E-state index is 12.4. The van der Waals surface area contributed by atoms with Gasteiger partial charge < -0.3 is 5.32 Å². The highest BCUT2D eigenvalue weighted by atomic mass is 35.5. The maximum absolute atomic E-state index is 12.4. The highest BCUT2D eigenvalue weighted by molar-refractivity contribution is 7.92. The van der Waals surface area contributed by atoms with Crippen LogP contribution in [0.4, 0.5) is 18.9 Å². The van der Waals surface area contributed by atoms with E-state index >= 15 is 0 Å². The number of anilines is 1. The van der Waals surface area contributed by atoms with Crippen molar-refractivity contribution in [3.05, 3.63) is 28.8 Å². The third-order valence-corrected chi connectivity index (χ3v) is 4.07. The van der Waals surface area contributed by atoms with Crippen molar-refractivity contribution in [3.63, 3.8) is 0 Å². The molecule has 0 amide bonds. The highest BCUT2D eigenvalue weighted by Crippen LogP contribution is 2.34. The number of benzene rings is 1. The molecule has 0 fully saturated rings. The molecule has 1 aromatic carbocycles. The van der Waals surface area contributed by atoms with E-state index in [9.17, 15) is 21.6 Å². The molecule has 0 saturated heterocycles. The molecule has 0 aromatic heterocycles. The lowest BCUT2D eigenvalue weighted by Gasteiger charge is -2.12. The largest absolute Gasteiger partial charge is 0.416 e.